The van der Waals surface area contributed by atoms with Gasteiger partial charge in [0.2, 0.25) is 0 Å². The van der Waals surface area contributed by atoms with Gasteiger partial charge in [0, 0.05) is 30.0 Å². The predicted molar refractivity (Wildman–Crippen MR) is 48.2 cm³/mol. The molecule has 0 bridgehead atoms. The van der Waals surface area contributed by atoms with Crippen molar-refractivity contribution < 1.29 is 0 Å². The van der Waals surface area contributed by atoms with Crippen molar-refractivity contribution in [2.24, 2.45) is 0 Å². The number of anilines is 1. The van der Waals surface area contributed by atoms with E-state index in [0.717, 1.165) is 17.9 Å². The first-order valence-corrected chi connectivity index (χ1v) is 4.09. The third kappa shape index (κ3) is 2.76. The van der Waals surface area contributed by atoms with Crippen molar-refractivity contribution in [2.45, 2.75) is 6.92 Å². The van der Waals surface area contributed by atoms with Crippen molar-refractivity contribution in [3.05, 3.63) is 24.0 Å². The summed E-state index contributed by atoms with van der Waals surface area (Å²) in [7, 11) is 0. The molecular weight excluding hydrogens is 160 g/mol. The third-order valence-electron chi connectivity index (χ3n) is 1.32. The van der Waals surface area contributed by atoms with E-state index in [-0.39, 0.29) is 0 Å². The number of pyridine rings is 1. The molecule has 60 valence electrons. The van der Waals surface area contributed by atoms with Gasteiger partial charge >= 0.3 is 0 Å². The topological polar surface area (TPSA) is 24.9 Å². The average Bonchev–Trinajstić information content (AvgIpc) is 2.01. The van der Waals surface area contributed by atoms with Crippen molar-refractivity contribution in [1.82, 2.24) is 4.98 Å². The fourth-order valence-electron chi connectivity index (χ4n) is 0.847. The van der Waals surface area contributed by atoms with E-state index >= 15 is 0 Å². The summed E-state index contributed by atoms with van der Waals surface area (Å²) in [5.74, 6) is 0.626. The van der Waals surface area contributed by atoms with E-state index in [0.29, 0.717) is 5.88 Å². The Morgan fingerprint density at radius 1 is 1.64 bits per heavy atom. The molecule has 0 spiro atoms. The van der Waals surface area contributed by atoms with Crippen molar-refractivity contribution in [1.29, 1.82) is 0 Å². The molecule has 3 heteroatoms. The number of hydrogen-bond acceptors (Lipinski definition) is 2. The van der Waals surface area contributed by atoms with Gasteiger partial charge in [-0.1, -0.05) is 0 Å². The molecule has 0 aliphatic rings. The first kappa shape index (κ1) is 8.34. The third-order valence-corrected chi connectivity index (χ3v) is 1.51. The van der Waals surface area contributed by atoms with Crippen LogP contribution >= 0.6 is 11.6 Å². The minimum Gasteiger partial charge on any atom is -0.384 e. The zero-order chi connectivity index (χ0) is 8.10. The van der Waals surface area contributed by atoms with Crippen LogP contribution < -0.4 is 5.32 Å². The standard InChI is InChI=1S/C8H11ClN2/c1-7-6-8(2-4-10-7)11-5-3-9/h2,4,6H,3,5H2,1H3,(H,10,11). The molecule has 1 aromatic heterocycles. The summed E-state index contributed by atoms with van der Waals surface area (Å²) in [6.07, 6.45) is 1.78. The molecule has 0 radical (unpaired) electrons. The zero-order valence-corrected chi connectivity index (χ0v) is 7.23. The molecule has 0 amide bonds. The van der Waals surface area contributed by atoms with E-state index in [9.17, 15) is 0 Å². The predicted octanol–water partition coefficient (Wildman–Crippen LogP) is 2.04. The monoisotopic (exact) mass is 170 g/mol. The molecule has 0 saturated carbocycles. The van der Waals surface area contributed by atoms with Crippen molar-refractivity contribution in [2.75, 3.05) is 17.7 Å². The summed E-state index contributed by atoms with van der Waals surface area (Å²) in [5, 5.41) is 3.16. The van der Waals surface area contributed by atoms with E-state index in [1.54, 1.807) is 6.20 Å². The summed E-state index contributed by atoms with van der Waals surface area (Å²) in [6, 6.07) is 3.92. The maximum absolute atomic E-state index is 5.51. The van der Waals surface area contributed by atoms with E-state index in [1.165, 1.54) is 0 Å². The molecule has 0 saturated heterocycles. The number of nitrogens with one attached hydrogen (secondary N) is 1. The van der Waals surface area contributed by atoms with Gasteiger partial charge in [-0.05, 0) is 19.1 Å². The molecule has 1 N–H and O–H groups in total. The lowest BCUT2D eigenvalue weighted by atomic mass is 10.3. The lowest BCUT2D eigenvalue weighted by molar-refractivity contribution is 1.17. The highest BCUT2D eigenvalue weighted by molar-refractivity contribution is 6.18. The molecule has 0 aromatic carbocycles. The highest BCUT2D eigenvalue weighted by atomic mass is 35.5. The minimum atomic E-state index is 0.626. The van der Waals surface area contributed by atoms with Gasteiger partial charge in [-0.25, -0.2) is 0 Å². The largest absolute Gasteiger partial charge is 0.384 e. The van der Waals surface area contributed by atoms with Crippen LogP contribution in [0.2, 0.25) is 0 Å². The molecule has 0 fully saturated rings. The fraction of sp³-hybridized carbons (Fsp3) is 0.375. The van der Waals surface area contributed by atoms with Gasteiger partial charge in [-0.15, -0.1) is 11.6 Å². The van der Waals surface area contributed by atoms with Crippen molar-refractivity contribution >= 4 is 17.3 Å². The fourth-order valence-corrected chi connectivity index (χ4v) is 0.942. The van der Waals surface area contributed by atoms with Crippen LogP contribution in [0.1, 0.15) is 5.69 Å². The van der Waals surface area contributed by atoms with Crippen LogP contribution in [0.15, 0.2) is 18.3 Å². The quantitative estimate of drug-likeness (QED) is 0.703. The summed E-state index contributed by atoms with van der Waals surface area (Å²) in [5.41, 5.74) is 2.10. The Balaban J connectivity index is 2.56. The SMILES string of the molecule is Cc1cc(NCCCl)ccn1. The zero-order valence-electron chi connectivity index (χ0n) is 6.47. The highest BCUT2D eigenvalue weighted by Crippen LogP contribution is 2.05. The summed E-state index contributed by atoms with van der Waals surface area (Å²) >= 11 is 5.51. The van der Waals surface area contributed by atoms with Gasteiger partial charge in [-0.2, -0.15) is 0 Å². The first-order valence-electron chi connectivity index (χ1n) is 3.55. The number of hydrogen-bond donors (Lipinski definition) is 1. The van der Waals surface area contributed by atoms with E-state index < -0.39 is 0 Å². The maximum atomic E-state index is 5.51. The van der Waals surface area contributed by atoms with E-state index in [4.69, 9.17) is 11.6 Å². The van der Waals surface area contributed by atoms with Crippen LogP contribution in [0.4, 0.5) is 5.69 Å². The highest BCUT2D eigenvalue weighted by Gasteiger charge is 1.90. The minimum absolute atomic E-state index is 0.626. The second-order valence-electron chi connectivity index (χ2n) is 2.30. The Hall–Kier alpha value is -0.760. The van der Waals surface area contributed by atoms with Crippen LogP contribution in [-0.2, 0) is 0 Å². The molecular formula is C8H11ClN2. The molecule has 1 aromatic rings. The van der Waals surface area contributed by atoms with Gasteiger partial charge in [0.25, 0.3) is 0 Å². The number of nitrogens with zero attached hydrogens (tertiary/aromatic N) is 1. The number of aryl methyl sites for hydroxylation is 1. The Kier molecular flexibility index (Phi) is 3.17. The van der Waals surface area contributed by atoms with Gasteiger partial charge in [0.15, 0.2) is 0 Å². The Labute approximate surface area is 71.6 Å². The molecule has 0 aliphatic heterocycles. The van der Waals surface area contributed by atoms with Crippen LogP contribution in [0, 0.1) is 6.92 Å². The molecule has 0 aliphatic carbocycles. The van der Waals surface area contributed by atoms with Crippen molar-refractivity contribution in [3.8, 4) is 0 Å². The van der Waals surface area contributed by atoms with Crippen LogP contribution in [0.3, 0.4) is 0 Å². The number of aromatic nitrogens is 1. The maximum Gasteiger partial charge on any atom is 0.0396 e. The number of rotatable bonds is 3. The van der Waals surface area contributed by atoms with Crippen molar-refractivity contribution in [3.63, 3.8) is 0 Å². The van der Waals surface area contributed by atoms with Crippen LogP contribution in [0.5, 0.6) is 0 Å². The molecule has 1 rings (SSSR count). The van der Waals surface area contributed by atoms with Gasteiger partial charge in [0.05, 0.1) is 0 Å². The van der Waals surface area contributed by atoms with Gasteiger partial charge in [0.1, 0.15) is 0 Å². The molecule has 11 heavy (non-hydrogen) atoms. The Morgan fingerprint density at radius 2 is 2.45 bits per heavy atom. The molecule has 0 unspecified atom stereocenters. The summed E-state index contributed by atoms with van der Waals surface area (Å²) in [6.45, 7) is 2.76. The summed E-state index contributed by atoms with van der Waals surface area (Å²) in [4.78, 5) is 4.07. The molecule has 1 heterocycles. The number of alkyl halides is 1. The first-order chi connectivity index (χ1) is 5.33. The van der Waals surface area contributed by atoms with Crippen LogP contribution in [0.25, 0.3) is 0 Å². The normalized spacial score (nSPS) is 9.64. The van der Waals surface area contributed by atoms with Gasteiger partial charge < -0.3 is 5.32 Å². The summed E-state index contributed by atoms with van der Waals surface area (Å²) < 4.78 is 0. The number of halogens is 1. The second-order valence-corrected chi connectivity index (χ2v) is 2.68. The average molecular weight is 171 g/mol. The van der Waals surface area contributed by atoms with E-state index in [2.05, 4.69) is 10.3 Å². The Morgan fingerprint density at radius 3 is 3.09 bits per heavy atom. The van der Waals surface area contributed by atoms with E-state index in [1.807, 2.05) is 19.1 Å². The Bertz CT molecular complexity index is 225. The molecule has 2 nitrogen and oxygen atoms in total. The van der Waals surface area contributed by atoms with Crippen LogP contribution in [-0.4, -0.2) is 17.4 Å². The smallest absolute Gasteiger partial charge is 0.0396 e. The molecule has 0 atom stereocenters. The lowest BCUT2D eigenvalue weighted by Crippen LogP contribution is -2.02. The lowest BCUT2D eigenvalue weighted by Gasteiger charge is -2.02. The second kappa shape index (κ2) is 4.19. The van der Waals surface area contributed by atoms with Gasteiger partial charge in [-0.3, -0.25) is 4.98 Å².